The zero-order chi connectivity index (χ0) is 19.2. The Kier molecular flexibility index (Phi) is 3.82. The van der Waals surface area contributed by atoms with Crippen molar-refractivity contribution in [3.05, 3.63) is 72.3 Å². The van der Waals surface area contributed by atoms with Crippen molar-refractivity contribution in [1.82, 2.24) is 24.7 Å². The summed E-state index contributed by atoms with van der Waals surface area (Å²) in [6.07, 6.45) is 15.1. The minimum absolute atomic E-state index is 0.523. The van der Waals surface area contributed by atoms with Gasteiger partial charge in [-0.15, -0.1) is 10.2 Å². The number of rotatable bonds is 5. The molecule has 2 aliphatic carbocycles. The van der Waals surface area contributed by atoms with E-state index in [0.29, 0.717) is 12.0 Å². The molecule has 0 spiro atoms. The number of aromatic nitrogens is 5. The molecular weight excluding hydrogens is 360 g/mol. The standard InChI is InChI=1S/C23H22N6/c1-2-13-28(21(5-1)17-9-12-19(24-14-17)16-7-8-16)22-6-3-4-20(26-22)23-27-25-15-29(23)18-10-11-18/h1-6,9,12,14-16,18H,7-8,10-11,13H2. The van der Waals surface area contributed by atoms with Gasteiger partial charge in [0.05, 0.1) is 5.70 Å². The summed E-state index contributed by atoms with van der Waals surface area (Å²) in [5, 5.41) is 8.46. The van der Waals surface area contributed by atoms with Crippen molar-refractivity contribution in [2.75, 3.05) is 11.4 Å². The highest BCUT2D eigenvalue weighted by atomic mass is 15.3. The molecule has 6 nitrogen and oxygen atoms in total. The molecule has 0 saturated heterocycles. The number of nitrogens with zero attached hydrogens (tertiary/aromatic N) is 6. The summed E-state index contributed by atoms with van der Waals surface area (Å²) in [5.41, 5.74) is 4.32. The van der Waals surface area contributed by atoms with E-state index in [9.17, 15) is 0 Å². The highest BCUT2D eigenvalue weighted by molar-refractivity contribution is 5.80. The summed E-state index contributed by atoms with van der Waals surface area (Å²) in [5.74, 6) is 2.43. The minimum atomic E-state index is 0.523. The summed E-state index contributed by atoms with van der Waals surface area (Å²) in [6.45, 7) is 0.780. The molecule has 6 rings (SSSR count). The zero-order valence-corrected chi connectivity index (χ0v) is 16.1. The second-order valence-electron chi connectivity index (χ2n) is 8.01. The van der Waals surface area contributed by atoms with Gasteiger partial charge in [-0.2, -0.15) is 0 Å². The molecular formula is C23H22N6. The SMILES string of the molecule is C1=CCN(c2cccc(-c3nncn3C3CC3)n2)C(c2ccc(C3CC3)nc2)=C1. The summed E-state index contributed by atoms with van der Waals surface area (Å²) < 4.78 is 2.15. The molecule has 0 radical (unpaired) electrons. The minimum Gasteiger partial charge on any atom is -0.322 e. The van der Waals surface area contributed by atoms with Crippen LogP contribution in [-0.2, 0) is 0 Å². The second-order valence-corrected chi connectivity index (χ2v) is 8.01. The Hall–Kier alpha value is -3.28. The molecule has 6 heteroatoms. The normalized spacial score (nSPS) is 18.8. The molecule has 0 amide bonds. The first-order valence-electron chi connectivity index (χ1n) is 10.3. The molecule has 4 heterocycles. The van der Waals surface area contributed by atoms with Crippen LogP contribution in [0.3, 0.4) is 0 Å². The quantitative estimate of drug-likeness (QED) is 0.656. The fraction of sp³-hybridized carbons (Fsp3) is 0.304. The van der Waals surface area contributed by atoms with E-state index in [1.807, 2.05) is 24.7 Å². The molecule has 3 aromatic heterocycles. The highest BCUT2D eigenvalue weighted by Crippen LogP contribution is 2.39. The van der Waals surface area contributed by atoms with E-state index in [1.54, 1.807) is 0 Å². The third-order valence-electron chi connectivity index (χ3n) is 5.80. The molecule has 0 atom stereocenters. The molecule has 0 N–H and O–H groups in total. The van der Waals surface area contributed by atoms with Crippen LogP contribution in [0.15, 0.2) is 61.1 Å². The van der Waals surface area contributed by atoms with E-state index < -0.39 is 0 Å². The fourth-order valence-electron chi connectivity index (χ4n) is 3.90. The smallest absolute Gasteiger partial charge is 0.182 e. The Labute approximate surface area is 169 Å². The topological polar surface area (TPSA) is 59.7 Å². The van der Waals surface area contributed by atoms with Gasteiger partial charge in [-0.1, -0.05) is 18.2 Å². The predicted molar refractivity (Wildman–Crippen MR) is 112 cm³/mol. The van der Waals surface area contributed by atoms with Crippen LogP contribution in [0.5, 0.6) is 0 Å². The van der Waals surface area contributed by atoms with Gasteiger partial charge in [-0.3, -0.25) is 4.98 Å². The Morgan fingerprint density at radius 1 is 1.00 bits per heavy atom. The zero-order valence-electron chi connectivity index (χ0n) is 16.1. The Balaban J connectivity index is 1.34. The molecule has 29 heavy (non-hydrogen) atoms. The summed E-state index contributed by atoms with van der Waals surface area (Å²) in [6, 6.07) is 11.0. The predicted octanol–water partition coefficient (Wildman–Crippen LogP) is 4.36. The van der Waals surface area contributed by atoms with E-state index in [-0.39, 0.29) is 0 Å². The van der Waals surface area contributed by atoms with E-state index >= 15 is 0 Å². The van der Waals surface area contributed by atoms with Crippen LogP contribution in [0.1, 0.15) is 48.9 Å². The van der Waals surface area contributed by atoms with Crippen molar-refractivity contribution in [2.24, 2.45) is 0 Å². The maximum absolute atomic E-state index is 4.95. The van der Waals surface area contributed by atoms with E-state index in [4.69, 9.17) is 9.97 Å². The maximum atomic E-state index is 4.95. The van der Waals surface area contributed by atoms with E-state index in [2.05, 4.69) is 56.1 Å². The molecule has 0 bridgehead atoms. The lowest BCUT2D eigenvalue weighted by Gasteiger charge is -2.27. The number of pyridine rings is 2. The van der Waals surface area contributed by atoms with Gasteiger partial charge in [-0.25, -0.2) is 4.98 Å². The van der Waals surface area contributed by atoms with Gasteiger partial charge in [0.25, 0.3) is 0 Å². The van der Waals surface area contributed by atoms with E-state index in [1.165, 1.54) is 31.4 Å². The molecule has 144 valence electrons. The lowest BCUT2D eigenvalue weighted by molar-refractivity contribution is 0.743. The second kappa shape index (κ2) is 6.65. The molecule has 3 aliphatic rings. The van der Waals surface area contributed by atoms with E-state index in [0.717, 1.165) is 35.1 Å². The maximum Gasteiger partial charge on any atom is 0.182 e. The third kappa shape index (κ3) is 3.14. The molecule has 3 aromatic rings. The van der Waals surface area contributed by atoms with Crippen LogP contribution in [0.4, 0.5) is 5.82 Å². The van der Waals surface area contributed by atoms with Crippen LogP contribution < -0.4 is 4.90 Å². The van der Waals surface area contributed by atoms with Gasteiger partial charge in [0.15, 0.2) is 5.82 Å². The fourth-order valence-corrected chi connectivity index (χ4v) is 3.90. The van der Waals surface area contributed by atoms with Crippen molar-refractivity contribution >= 4 is 11.5 Å². The van der Waals surface area contributed by atoms with Gasteiger partial charge in [0, 0.05) is 36.0 Å². The van der Waals surface area contributed by atoms with Crippen molar-refractivity contribution in [3.8, 4) is 11.5 Å². The number of hydrogen-bond acceptors (Lipinski definition) is 5. The lowest BCUT2D eigenvalue weighted by atomic mass is 10.1. The third-order valence-corrected chi connectivity index (χ3v) is 5.80. The van der Waals surface area contributed by atoms with Crippen LogP contribution in [0, 0.1) is 0 Å². The van der Waals surface area contributed by atoms with Gasteiger partial charge >= 0.3 is 0 Å². The molecule has 1 aliphatic heterocycles. The lowest BCUT2D eigenvalue weighted by Crippen LogP contribution is -2.24. The van der Waals surface area contributed by atoms with Crippen LogP contribution in [0.2, 0.25) is 0 Å². The van der Waals surface area contributed by atoms with Gasteiger partial charge in [0.1, 0.15) is 17.8 Å². The summed E-state index contributed by atoms with van der Waals surface area (Å²) in [4.78, 5) is 11.9. The van der Waals surface area contributed by atoms with Crippen molar-refractivity contribution in [3.63, 3.8) is 0 Å². The van der Waals surface area contributed by atoms with Gasteiger partial charge in [-0.05, 0) is 56.0 Å². The molecule has 0 aromatic carbocycles. The average molecular weight is 382 g/mol. The molecule has 2 fully saturated rings. The van der Waals surface area contributed by atoms with Crippen molar-refractivity contribution < 1.29 is 0 Å². The number of anilines is 1. The highest BCUT2D eigenvalue weighted by Gasteiger charge is 2.28. The van der Waals surface area contributed by atoms with Crippen molar-refractivity contribution in [1.29, 1.82) is 0 Å². The van der Waals surface area contributed by atoms with Crippen molar-refractivity contribution in [2.45, 2.75) is 37.6 Å². The number of hydrogen-bond donors (Lipinski definition) is 0. The van der Waals surface area contributed by atoms with Crippen LogP contribution >= 0.6 is 0 Å². The number of allylic oxidation sites excluding steroid dienone is 2. The van der Waals surface area contributed by atoms with Crippen LogP contribution in [-0.4, -0.2) is 31.3 Å². The summed E-state index contributed by atoms with van der Waals surface area (Å²) in [7, 11) is 0. The average Bonchev–Trinajstić information content (AvgIpc) is 3.73. The van der Waals surface area contributed by atoms with Crippen LogP contribution in [0.25, 0.3) is 17.2 Å². The summed E-state index contributed by atoms with van der Waals surface area (Å²) >= 11 is 0. The largest absolute Gasteiger partial charge is 0.322 e. The molecule has 2 saturated carbocycles. The first kappa shape index (κ1) is 16.7. The monoisotopic (exact) mass is 382 g/mol. The first-order valence-corrected chi connectivity index (χ1v) is 10.3. The van der Waals surface area contributed by atoms with Gasteiger partial charge < -0.3 is 9.47 Å². The molecule has 0 unspecified atom stereocenters. The first-order chi connectivity index (χ1) is 14.4. The Bertz CT molecular complexity index is 1100. The van der Waals surface area contributed by atoms with Gasteiger partial charge in [0.2, 0.25) is 0 Å². The Morgan fingerprint density at radius 2 is 1.93 bits per heavy atom. The Morgan fingerprint density at radius 3 is 2.72 bits per heavy atom.